The van der Waals surface area contributed by atoms with Crippen LogP contribution in [0.15, 0.2) is 71.5 Å². The van der Waals surface area contributed by atoms with Gasteiger partial charge in [0.25, 0.3) is 5.56 Å². The molecule has 6 nitrogen and oxygen atoms in total. The van der Waals surface area contributed by atoms with Crippen LogP contribution in [0.4, 0.5) is 14.9 Å². The number of rotatable bonds is 5. The maximum atomic E-state index is 13.6. The molecule has 1 unspecified atom stereocenters. The number of fused-ring (bicyclic) bond motifs is 1. The zero-order valence-electron chi connectivity index (χ0n) is 19.7. The van der Waals surface area contributed by atoms with Crippen LogP contribution in [0.5, 0.6) is 0 Å². The van der Waals surface area contributed by atoms with E-state index in [2.05, 4.69) is 5.32 Å². The number of nitrogens with zero attached hydrogens (tertiary/aromatic N) is 3. The molecular formula is C27H27FN4O2. The van der Waals surface area contributed by atoms with Gasteiger partial charge in [-0.25, -0.2) is 14.2 Å². The summed E-state index contributed by atoms with van der Waals surface area (Å²) in [4.78, 5) is 33.1. The van der Waals surface area contributed by atoms with Crippen LogP contribution in [-0.4, -0.2) is 27.5 Å². The van der Waals surface area contributed by atoms with E-state index in [1.807, 2.05) is 51.1 Å². The summed E-state index contributed by atoms with van der Waals surface area (Å²) in [7, 11) is 1.65. The lowest BCUT2D eigenvalue weighted by Gasteiger charge is -2.29. The first kappa shape index (κ1) is 23.2. The van der Waals surface area contributed by atoms with E-state index in [1.54, 1.807) is 29.8 Å². The van der Waals surface area contributed by atoms with Gasteiger partial charge in [0.05, 0.1) is 22.6 Å². The molecule has 3 aromatic carbocycles. The third-order valence-electron chi connectivity index (χ3n) is 6.10. The van der Waals surface area contributed by atoms with Gasteiger partial charge in [0.15, 0.2) is 0 Å². The summed E-state index contributed by atoms with van der Waals surface area (Å²) in [5.41, 5.74) is 3.59. The molecule has 0 saturated carbocycles. The van der Waals surface area contributed by atoms with Gasteiger partial charge in [-0.3, -0.25) is 9.36 Å². The standard InChI is InChI=1S/C27H27FN4O2/c1-5-24(31(4)27(34)29-20-10-8-9-19(28)16-20)25-30-23-12-7-6-11-22(23)26(33)32(25)21-14-13-17(2)18(3)15-21/h6-16,24H,5H2,1-4H3,(H,29,34). The maximum Gasteiger partial charge on any atom is 0.322 e. The van der Waals surface area contributed by atoms with Crippen molar-refractivity contribution in [3.8, 4) is 5.69 Å². The zero-order chi connectivity index (χ0) is 24.4. The summed E-state index contributed by atoms with van der Waals surface area (Å²) >= 11 is 0. The van der Waals surface area contributed by atoms with E-state index in [4.69, 9.17) is 4.98 Å². The van der Waals surface area contributed by atoms with E-state index in [-0.39, 0.29) is 5.56 Å². The van der Waals surface area contributed by atoms with Crippen LogP contribution in [0.25, 0.3) is 16.6 Å². The lowest BCUT2D eigenvalue weighted by molar-refractivity contribution is 0.199. The summed E-state index contributed by atoms with van der Waals surface area (Å²) in [5, 5.41) is 3.23. The molecule has 1 aromatic heterocycles. The number of benzene rings is 3. The Morgan fingerprint density at radius 1 is 1.06 bits per heavy atom. The molecule has 7 heteroatoms. The van der Waals surface area contributed by atoms with Crippen molar-refractivity contribution < 1.29 is 9.18 Å². The summed E-state index contributed by atoms with van der Waals surface area (Å²) in [6.45, 7) is 5.94. The van der Waals surface area contributed by atoms with Gasteiger partial charge in [0.1, 0.15) is 11.6 Å². The fourth-order valence-electron chi connectivity index (χ4n) is 4.04. The van der Waals surface area contributed by atoms with Crippen LogP contribution >= 0.6 is 0 Å². The van der Waals surface area contributed by atoms with E-state index >= 15 is 0 Å². The van der Waals surface area contributed by atoms with Gasteiger partial charge in [-0.15, -0.1) is 0 Å². The zero-order valence-corrected chi connectivity index (χ0v) is 19.7. The van der Waals surface area contributed by atoms with E-state index in [0.717, 1.165) is 11.1 Å². The van der Waals surface area contributed by atoms with Gasteiger partial charge in [0.2, 0.25) is 0 Å². The van der Waals surface area contributed by atoms with Gasteiger partial charge in [-0.2, -0.15) is 0 Å². The normalized spacial score (nSPS) is 11.9. The molecule has 2 amide bonds. The summed E-state index contributed by atoms with van der Waals surface area (Å²) in [5.74, 6) is 0.0265. The van der Waals surface area contributed by atoms with Gasteiger partial charge in [0, 0.05) is 12.7 Å². The first-order valence-corrected chi connectivity index (χ1v) is 11.2. The second kappa shape index (κ2) is 9.47. The number of aromatic nitrogens is 2. The minimum absolute atomic E-state index is 0.193. The van der Waals surface area contributed by atoms with Crippen LogP contribution in [0.3, 0.4) is 0 Å². The van der Waals surface area contributed by atoms with Crippen molar-refractivity contribution in [3.05, 3.63) is 99.9 Å². The highest BCUT2D eigenvalue weighted by molar-refractivity contribution is 5.89. The molecule has 0 bridgehead atoms. The highest BCUT2D eigenvalue weighted by Crippen LogP contribution is 2.26. The molecule has 34 heavy (non-hydrogen) atoms. The Balaban J connectivity index is 1.84. The number of aryl methyl sites for hydroxylation is 2. The summed E-state index contributed by atoms with van der Waals surface area (Å²) in [6.07, 6.45) is 0.517. The number of carbonyl (C=O) groups is 1. The number of anilines is 1. The number of halogens is 1. The molecule has 0 spiro atoms. The van der Waals surface area contributed by atoms with Gasteiger partial charge < -0.3 is 10.2 Å². The van der Waals surface area contributed by atoms with Crippen molar-refractivity contribution >= 4 is 22.6 Å². The minimum Gasteiger partial charge on any atom is -0.317 e. The van der Waals surface area contributed by atoms with Crippen molar-refractivity contribution in [2.45, 2.75) is 33.2 Å². The monoisotopic (exact) mass is 458 g/mol. The highest BCUT2D eigenvalue weighted by atomic mass is 19.1. The number of urea groups is 1. The summed E-state index contributed by atoms with van der Waals surface area (Å²) < 4.78 is 15.2. The topological polar surface area (TPSA) is 67.2 Å². The molecule has 1 heterocycles. The predicted octanol–water partition coefficient (Wildman–Crippen LogP) is 5.76. The fourth-order valence-corrected chi connectivity index (χ4v) is 4.04. The number of amides is 2. The quantitative estimate of drug-likeness (QED) is 0.414. The van der Waals surface area contributed by atoms with Crippen LogP contribution in [0, 0.1) is 19.7 Å². The molecule has 0 fully saturated rings. The molecule has 1 N–H and O–H groups in total. The Morgan fingerprint density at radius 3 is 2.53 bits per heavy atom. The van der Waals surface area contributed by atoms with Gasteiger partial charge in [-0.05, 0) is 73.9 Å². The smallest absolute Gasteiger partial charge is 0.317 e. The Labute approximate surface area is 197 Å². The second-order valence-corrected chi connectivity index (χ2v) is 8.37. The maximum absolute atomic E-state index is 13.6. The second-order valence-electron chi connectivity index (χ2n) is 8.37. The number of nitrogens with one attached hydrogen (secondary N) is 1. The third-order valence-corrected chi connectivity index (χ3v) is 6.10. The molecule has 0 radical (unpaired) electrons. The largest absolute Gasteiger partial charge is 0.322 e. The molecule has 4 aromatic rings. The van der Waals surface area contributed by atoms with Crippen molar-refractivity contribution in [3.63, 3.8) is 0 Å². The molecular weight excluding hydrogens is 431 g/mol. The van der Waals surface area contributed by atoms with Crippen molar-refractivity contribution in [1.82, 2.24) is 14.5 Å². The Hall–Kier alpha value is -4.00. The van der Waals surface area contributed by atoms with Crippen LogP contribution in [0.2, 0.25) is 0 Å². The molecule has 4 rings (SSSR count). The molecule has 0 aliphatic heterocycles. The Bertz CT molecular complexity index is 1430. The number of hydrogen-bond acceptors (Lipinski definition) is 3. The number of carbonyl (C=O) groups excluding carboxylic acids is 1. The first-order chi connectivity index (χ1) is 16.3. The number of para-hydroxylation sites is 1. The molecule has 0 aliphatic carbocycles. The van der Waals surface area contributed by atoms with E-state index < -0.39 is 17.9 Å². The average Bonchev–Trinajstić information content (AvgIpc) is 2.81. The van der Waals surface area contributed by atoms with E-state index in [1.165, 1.54) is 23.1 Å². The Morgan fingerprint density at radius 2 is 1.82 bits per heavy atom. The van der Waals surface area contributed by atoms with Crippen molar-refractivity contribution in [2.75, 3.05) is 12.4 Å². The third kappa shape index (κ3) is 4.41. The first-order valence-electron chi connectivity index (χ1n) is 11.2. The molecule has 1 atom stereocenters. The lowest BCUT2D eigenvalue weighted by atomic mass is 10.1. The van der Waals surface area contributed by atoms with Crippen molar-refractivity contribution in [1.29, 1.82) is 0 Å². The van der Waals surface area contributed by atoms with Gasteiger partial charge in [-0.1, -0.05) is 31.2 Å². The molecule has 0 saturated heterocycles. The number of hydrogen-bond donors (Lipinski definition) is 1. The van der Waals surface area contributed by atoms with Crippen LogP contribution in [-0.2, 0) is 0 Å². The predicted molar refractivity (Wildman–Crippen MR) is 133 cm³/mol. The SMILES string of the molecule is CCC(c1nc2ccccc2c(=O)n1-c1ccc(C)c(C)c1)N(C)C(=O)Nc1cccc(F)c1. The van der Waals surface area contributed by atoms with Crippen LogP contribution < -0.4 is 10.9 Å². The van der Waals surface area contributed by atoms with E-state index in [9.17, 15) is 14.0 Å². The molecule has 174 valence electrons. The van der Waals surface area contributed by atoms with E-state index in [0.29, 0.717) is 34.5 Å². The average molecular weight is 459 g/mol. The highest BCUT2D eigenvalue weighted by Gasteiger charge is 2.26. The summed E-state index contributed by atoms with van der Waals surface area (Å²) in [6, 6.07) is 17.8. The van der Waals surface area contributed by atoms with Crippen LogP contribution in [0.1, 0.15) is 36.3 Å². The fraction of sp³-hybridized carbons (Fsp3) is 0.222. The Kier molecular flexibility index (Phi) is 6.45. The molecule has 0 aliphatic rings. The van der Waals surface area contributed by atoms with Gasteiger partial charge >= 0.3 is 6.03 Å². The minimum atomic E-state index is -0.507. The van der Waals surface area contributed by atoms with Crippen molar-refractivity contribution in [2.24, 2.45) is 0 Å². The lowest BCUT2D eigenvalue weighted by Crippen LogP contribution is -2.38.